The maximum Gasteiger partial charge on any atom is 0.434 e. The summed E-state index contributed by atoms with van der Waals surface area (Å²) < 4.78 is 40.8. The zero-order valence-corrected chi connectivity index (χ0v) is 11.8. The van der Waals surface area contributed by atoms with Gasteiger partial charge in [0.1, 0.15) is 0 Å². The summed E-state index contributed by atoms with van der Waals surface area (Å²) in [4.78, 5) is 10.5. The molecule has 2 aromatic rings. The Labute approximate surface area is 124 Å². The van der Waals surface area contributed by atoms with Crippen LogP contribution in [0.4, 0.5) is 13.2 Å². The lowest BCUT2D eigenvalue weighted by Crippen LogP contribution is -2.15. The van der Waals surface area contributed by atoms with E-state index in [1.54, 1.807) is 26.0 Å². The molecule has 0 bridgehead atoms. The van der Waals surface area contributed by atoms with Gasteiger partial charge in [0, 0.05) is 11.6 Å². The number of benzene rings is 1. The Bertz CT molecular complexity index is 746. The predicted molar refractivity (Wildman–Crippen MR) is 74.7 cm³/mol. The van der Waals surface area contributed by atoms with Crippen LogP contribution in [0.5, 0.6) is 0 Å². The molecule has 0 fully saturated rings. The molecule has 0 radical (unpaired) electrons. The van der Waals surface area contributed by atoms with E-state index in [0.717, 1.165) is 22.5 Å². The minimum atomic E-state index is -4.66. The van der Waals surface area contributed by atoms with Crippen LogP contribution < -0.4 is 0 Å². The predicted octanol–water partition coefficient (Wildman–Crippen LogP) is 3.61. The first kappa shape index (κ1) is 15.8. The van der Waals surface area contributed by atoms with Gasteiger partial charge in [-0.15, -0.1) is 0 Å². The Balaban J connectivity index is 2.67. The molecule has 0 atom stereocenters. The molecule has 1 N–H and O–H groups in total. The molecule has 22 heavy (non-hydrogen) atoms. The van der Waals surface area contributed by atoms with E-state index in [1.165, 1.54) is 6.07 Å². The third-order valence-corrected chi connectivity index (χ3v) is 3.28. The van der Waals surface area contributed by atoms with E-state index in [1.807, 2.05) is 0 Å². The lowest BCUT2D eigenvalue weighted by molar-refractivity contribution is -0.143. The number of halogens is 3. The number of carbonyl (C=O) groups is 1. The lowest BCUT2D eigenvalue weighted by Gasteiger charge is -2.14. The number of rotatable bonds is 3. The van der Waals surface area contributed by atoms with Gasteiger partial charge in [-0.3, -0.25) is 0 Å². The molecule has 0 aliphatic heterocycles. The average molecular weight is 310 g/mol. The monoisotopic (exact) mass is 310 g/mol. The summed E-state index contributed by atoms with van der Waals surface area (Å²) in [6, 6.07) is 4.97. The second kappa shape index (κ2) is 5.67. The van der Waals surface area contributed by atoms with Crippen molar-refractivity contribution in [3.8, 4) is 5.69 Å². The lowest BCUT2D eigenvalue weighted by atomic mass is 10.1. The number of alkyl halides is 3. The smallest absolute Gasteiger partial charge is 0.434 e. The van der Waals surface area contributed by atoms with E-state index in [-0.39, 0.29) is 5.56 Å². The fraction of sp³-hybridized carbons (Fsp3) is 0.200. The van der Waals surface area contributed by atoms with Crippen molar-refractivity contribution in [1.82, 2.24) is 9.78 Å². The normalized spacial score (nSPS) is 12.0. The van der Waals surface area contributed by atoms with Gasteiger partial charge in [0.25, 0.3) is 0 Å². The van der Waals surface area contributed by atoms with Crippen LogP contribution in [0.2, 0.25) is 0 Å². The van der Waals surface area contributed by atoms with Gasteiger partial charge in [0.2, 0.25) is 0 Å². The first-order valence-corrected chi connectivity index (χ1v) is 6.34. The summed E-state index contributed by atoms with van der Waals surface area (Å²) in [5.41, 5.74) is 0.519. The van der Waals surface area contributed by atoms with Crippen LogP contribution in [0, 0.1) is 13.8 Å². The Morgan fingerprint density at radius 1 is 1.32 bits per heavy atom. The summed E-state index contributed by atoms with van der Waals surface area (Å²) in [5.74, 6) is -1.33. The van der Waals surface area contributed by atoms with Crippen LogP contribution in [0.1, 0.15) is 22.4 Å². The van der Waals surface area contributed by atoms with Crippen LogP contribution in [0.3, 0.4) is 0 Å². The molecule has 0 saturated carbocycles. The zero-order valence-electron chi connectivity index (χ0n) is 11.8. The SMILES string of the molecule is Cc1cccc(-n2ncc(/C=C/C(=O)O)c2C(F)(F)F)c1C. The van der Waals surface area contributed by atoms with E-state index < -0.39 is 17.8 Å². The zero-order chi connectivity index (χ0) is 16.5. The van der Waals surface area contributed by atoms with Gasteiger partial charge < -0.3 is 5.11 Å². The summed E-state index contributed by atoms with van der Waals surface area (Å²) in [7, 11) is 0. The number of carboxylic acids is 1. The third kappa shape index (κ3) is 3.03. The Morgan fingerprint density at radius 2 is 2.00 bits per heavy atom. The van der Waals surface area contributed by atoms with Gasteiger partial charge in [-0.25, -0.2) is 9.48 Å². The highest BCUT2D eigenvalue weighted by molar-refractivity contribution is 5.85. The number of aromatic nitrogens is 2. The van der Waals surface area contributed by atoms with Crippen molar-refractivity contribution in [2.75, 3.05) is 0 Å². The van der Waals surface area contributed by atoms with E-state index in [2.05, 4.69) is 5.10 Å². The van der Waals surface area contributed by atoms with Gasteiger partial charge in [-0.2, -0.15) is 18.3 Å². The first-order valence-electron chi connectivity index (χ1n) is 6.34. The van der Waals surface area contributed by atoms with Crippen LogP contribution >= 0.6 is 0 Å². The third-order valence-electron chi connectivity index (χ3n) is 3.28. The van der Waals surface area contributed by atoms with Gasteiger partial charge in [-0.05, 0) is 37.1 Å². The summed E-state index contributed by atoms with van der Waals surface area (Å²) >= 11 is 0. The standard InChI is InChI=1S/C15H13F3N2O2/c1-9-4-3-5-12(10(9)2)20-14(15(16,17)18)11(8-19-20)6-7-13(21)22/h3-8H,1-2H3,(H,21,22)/b7-6+. The molecular formula is C15H13F3N2O2. The Morgan fingerprint density at radius 3 is 2.59 bits per heavy atom. The largest absolute Gasteiger partial charge is 0.478 e. The fourth-order valence-corrected chi connectivity index (χ4v) is 2.08. The summed E-state index contributed by atoms with van der Waals surface area (Å²) in [5, 5.41) is 12.4. The van der Waals surface area contributed by atoms with Crippen molar-refractivity contribution in [3.05, 3.63) is 52.9 Å². The molecule has 1 aromatic carbocycles. The van der Waals surface area contributed by atoms with Crippen LogP contribution in [-0.4, -0.2) is 20.9 Å². The molecular weight excluding hydrogens is 297 g/mol. The van der Waals surface area contributed by atoms with Crippen molar-refractivity contribution in [1.29, 1.82) is 0 Å². The van der Waals surface area contributed by atoms with E-state index in [4.69, 9.17) is 5.11 Å². The number of aryl methyl sites for hydroxylation is 1. The van der Waals surface area contributed by atoms with Crippen molar-refractivity contribution >= 4 is 12.0 Å². The second-order valence-electron chi connectivity index (χ2n) is 4.75. The van der Waals surface area contributed by atoms with Crippen LogP contribution in [0.25, 0.3) is 11.8 Å². The molecule has 1 heterocycles. The Kier molecular flexibility index (Phi) is 4.07. The maximum atomic E-state index is 13.3. The molecule has 0 aliphatic rings. The number of hydrogen-bond acceptors (Lipinski definition) is 2. The molecule has 2 rings (SSSR count). The molecule has 7 heteroatoms. The second-order valence-corrected chi connectivity index (χ2v) is 4.75. The van der Waals surface area contributed by atoms with Gasteiger partial charge >= 0.3 is 12.1 Å². The Hall–Kier alpha value is -2.57. The maximum absolute atomic E-state index is 13.3. The molecule has 4 nitrogen and oxygen atoms in total. The van der Waals surface area contributed by atoms with E-state index in [9.17, 15) is 18.0 Å². The highest BCUT2D eigenvalue weighted by atomic mass is 19.4. The number of nitrogens with zero attached hydrogens (tertiary/aromatic N) is 2. The quantitative estimate of drug-likeness (QED) is 0.881. The molecule has 1 aromatic heterocycles. The highest BCUT2D eigenvalue weighted by Crippen LogP contribution is 2.35. The average Bonchev–Trinajstić information content (AvgIpc) is 2.83. The molecule has 0 saturated heterocycles. The minimum absolute atomic E-state index is 0.296. The van der Waals surface area contributed by atoms with Crippen LogP contribution in [0.15, 0.2) is 30.5 Å². The number of hydrogen-bond donors (Lipinski definition) is 1. The highest BCUT2D eigenvalue weighted by Gasteiger charge is 2.38. The van der Waals surface area contributed by atoms with E-state index >= 15 is 0 Å². The fourth-order valence-electron chi connectivity index (χ4n) is 2.08. The summed E-state index contributed by atoms with van der Waals surface area (Å²) in [6.45, 7) is 3.50. The van der Waals surface area contributed by atoms with Crippen molar-refractivity contribution in [3.63, 3.8) is 0 Å². The molecule has 0 aliphatic carbocycles. The topological polar surface area (TPSA) is 55.1 Å². The number of carboxylic acid groups (broad SMARTS) is 1. The first-order chi connectivity index (χ1) is 10.2. The summed E-state index contributed by atoms with van der Waals surface area (Å²) in [6.07, 6.45) is -2.12. The minimum Gasteiger partial charge on any atom is -0.478 e. The van der Waals surface area contributed by atoms with Gasteiger partial charge in [0.05, 0.1) is 11.9 Å². The van der Waals surface area contributed by atoms with Crippen molar-refractivity contribution in [2.24, 2.45) is 0 Å². The molecule has 116 valence electrons. The molecule has 0 spiro atoms. The van der Waals surface area contributed by atoms with Crippen LogP contribution in [-0.2, 0) is 11.0 Å². The van der Waals surface area contributed by atoms with Gasteiger partial charge in [-0.1, -0.05) is 12.1 Å². The molecule has 0 unspecified atom stereocenters. The number of aliphatic carboxylic acids is 1. The van der Waals surface area contributed by atoms with Gasteiger partial charge in [0.15, 0.2) is 5.69 Å². The van der Waals surface area contributed by atoms with Crippen molar-refractivity contribution in [2.45, 2.75) is 20.0 Å². The van der Waals surface area contributed by atoms with E-state index in [0.29, 0.717) is 17.3 Å². The van der Waals surface area contributed by atoms with Crippen molar-refractivity contribution < 1.29 is 23.1 Å². The molecule has 0 amide bonds.